The molecule has 2 aromatic rings. The lowest BCUT2D eigenvalue weighted by molar-refractivity contribution is 0.362. The maximum Gasteiger partial charge on any atom is 0.228 e. The lowest BCUT2D eigenvalue weighted by Gasteiger charge is -2.09. The Labute approximate surface area is 128 Å². The molecule has 0 aliphatic carbocycles. The summed E-state index contributed by atoms with van der Waals surface area (Å²) in [6, 6.07) is 5.58. The molecule has 0 aliphatic rings. The quantitative estimate of drug-likeness (QED) is 0.876. The van der Waals surface area contributed by atoms with E-state index in [4.69, 9.17) is 27.7 Å². The van der Waals surface area contributed by atoms with Crippen molar-refractivity contribution in [3.8, 4) is 11.4 Å². The molecule has 6 heteroatoms. The molecular formula is C14H17Cl2N3O. The smallest absolute Gasteiger partial charge is 0.228 e. The number of hydrogen-bond acceptors (Lipinski definition) is 4. The Morgan fingerprint density at radius 3 is 2.80 bits per heavy atom. The van der Waals surface area contributed by atoms with Crippen LogP contribution in [0.1, 0.15) is 26.2 Å². The second kappa shape index (κ2) is 7.07. The maximum absolute atomic E-state index is 5.98. The van der Waals surface area contributed by atoms with Gasteiger partial charge in [-0.25, -0.2) is 0 Å². The summed E-state index contributed by atoms with van der Waals surface area (Å²) < 4.78 is 5.26. The van der Waals surface area contributed by atoms with Crippen LogP contribution < -0.4 is 5.32 Å². The fourth-order valence-electron chi connectivity index (χ4n) is 1.82. The first kappa shape index (κ1) is 15.3. The van der Waals surface area contributed by atoms with Gasteiger partial charge in [0.15, 0.2) is 0 Å². The number of aromatic nitrogens is 2. The van der Waals surface area contributed by atoms with Crippen LogP contribution in [-0.4, -0.2) is 22.7 Å². The monoisotopic (exact) mass is 313 g/mol. The maximum atomic E-state index is 5.98. The predicted molar refractivity (Wildman–Crippen MR) is 81.2 cm³/mol. The molecule has 20 heavy (non-hydrogen) atoms. The Morgan fingerprint density at radius 2 is 2.10 bits per heavy atom. The van der Waals surface area contributed by atoms with Crippen molar-refractivity contribution >= 4 is 23.2 Å². The average Bonchev–Trinajstić information content (AvgIpc) is 2.88. The molecule has 0 fully saturated rings. The van der Waals surface area contributed by atoms with E-state index >= 15 is 0 Å². The van der Waals surface area contributed by atoms with Crippen LogP contribution in [-0.2, 0) is 6.42 Å². The van der Waals surface area contributed by atoms with Gasteiger partial charge in [0.2, 0.25) is 11.7 Å². The van der Waals surface area contributed by atoms with Gasteiger partial charge in [-0.15, -0.1) is 0 Å². The number of benzene rings is 1. The molecule has 0 saturated carbocycles. The molecule has 0 aliphatic heterocycles. The van der Waals surface area contributed by atoms with E-state index in [-0.39, 0.29) is 0 Å². The number of halogens is 2. The first-order valence-electron chi connectivity index (χ1n) is 6.61. The average molecular weight is 314 g/mol. The number of hydrogen-bond donors (Lipinski definition) is 1. The molecule has 0 radical (unpaired) electrons. The van der Waals surface area contributed by atoms with Crippen LogP contribution in [0.3, 0.4) is 0 Å². The highest BCUT2D eigenvalue weighted by molar-refractivity contribution is 6.42. The van der Waals surface area contributed by atoms with Crippen molar-refractivity contribution in [2.45, 2.75) is 32.7 Å². The summed E-state index contributed by atoms with van der Waals surface area (Å²) in [6.07, 6.45) is 1.80. The molecule has 0 spiro atoms. The molecular weight excluding hydrogens is 297 g/mol. The van der Waals surface area contributed by atoms with E-state index in [1.807, 2.05) is 6.07 Å². The van der Waals surface area contributed by atoms with Crippen molar-refractivity contribution in [3.05, 3.63) is 34.1 Å². The molecule has 1 aromatic carbocycles. The highest BCUT2D eigenvalue weighted by Gasteiger charge is 2.12. The lowest BCUT2D eigenvalue weighted by Crippen LogP contribution is -2.28. The molecule has 0 bridgehead atoms. The fourth-order valence-corrected chi connectivity index (χ4v) is 2.11. The van der Waals surface area contributed by atoms with Crippen molar-refractivity contribution in [2.24, 2.45) is 0 Å². The molecule has 4 nitrogen and oxygen atoms in total. The first-order valence-corrected chi connectivity index (χ1v) is 7.37. The molecule has 1 atom stereocenters. The Morgan fingerprint density at radius 1 is 1.30 bits per heavy atom. The van der Waals surface area contributed by atoms with Gasteiger partial charge in [0, 0.05) is 18.0 Å². The van der Waals surface area contributed by atoms with Gasteiger partial charge < -0.3 is 9.84 Å². The van der Waals surface area contributed by atoms with Gasteiger partial charge in [0.25, 0.3) is 0 Å². The van der Waals surface area contributed by atoms with Crippen molar-refractivity contribution < 1.29 is 4.52 Å². The molecule has 0 amide bonds. The van der Waals surface area contributed by atoms with Gasteiger partial charge in [-0.05, 0) is 38.1 Å². The molecule has 1 N–H and O–H groups in total. The summed E-state index contributed by atoms with van der Waals surface area (Å²) >= 11 is 11.9. The molecule has 0 saturated heterocycles. The highest BCUT2D eigenvalue weighted by atomic mass is 35.5. The normalized spacial score (nSPS) is 12.6. The number of nitrogens with zero attached hydrogens (tertiary/aromatic N) is 2. The summed E-state index contributed by atoms with van der Waals surface area (Å²) in [5.74, 6) is 1.14. The Balaban J connectivity index is 2.06. The van der Waals surface area contributed by atoms with E-state index < -0.39 is 0 Å². The minimum absolute atomic E-state index is 0.303. The van der Waals surface area contributed by atoms with E-state index in [2.05, 4.69) is 29.3 Å². The highest BCUT2D eigenvalue weighted by Crippen LogP contribution is 2.27. The van der Waals surface area contributed by atoms with Gasteiger partial charge in [-0.3, -0.25) is 0 Å². The number of rotatable bonds is 6. The zero-order valence-electron chi connectivity index (χ0n) is 11.5. The van der Waals surface area contributed by atoms with E-state index in [9.17, 15) is 0 Å². The standard InChI is InChI=1S/C14H17Cl2N3O/c1-3-6-17-9(2)7-13-18-14(19-20-13)10-4-5-11(15)12(16)8-10/h4-5,8-9,17H,3,6-7H2,1-2H3. The van der Waals surface area contributed by atoms with Gasteiger partial charge in [0.05, 0.1) is 10.0 Å². The Bertz CT molecular complexity index is 571. The lowest BCUT2D eigenvalue weighted by atomic mass is 10.2. The van der Waals surface area contributed by atoms with Gasteiger partial charge in [-0.2, -0.15) is 4.98 Å². The molecule has 2 rings (SSSR count). The van der Waals surface area contributed by atoms with E-state index in [0.29, 0.717) is 34.2 Å². The van der Waals surface area contributed by atoms with Gasteiger partial charge in [-0.1, -0.05) is 35.3 Å². The molecule has 1 heterocycles. The van der Waals surface area contributed by atoms with Crippen LogP contribution in [0.15, 0.2) is 22.7 Å². The van der Waals surface area contributed by atoms with E-state index in [1.54, 1.807) is 12.1 Å². The Hall–Kier alpha value is -1.10. The number of nitrogens with one attached hydrogen (secondary N) is 1. The van der Waals surface area contributed by atoms with Crippen molar-refractivity contribution in [3.63, 3.8) is 0 Å². The zero-order chi connectivity index (χ0) is 14.5. The molecule has 108 valence electrons. The third-order valence-corrected chi connectivity index (χ3v) is 3.61. The largest absolute Gasteiger partial charge is 0.339 e. The van der Waals surface area contributed by atoms with Crippen molar-refractivity contribution in [1.29, 1.82) is 0 Å². The van der Waals surface area contributed by atoms with Crippen LogP contribution >= 0.6 is 23.2 Å². The van der Waals surface area contributed by atoms with E-state index in [0.717, 1.165) is 18.5 Å². The predicted octanol–water partition coefficient (Wildman–Crippen LogP) is 3.97. The topological polar surface area (TPSA) is 51.0 Å². The van der Waals surface area contributed by atoms with Crippen molar-refractivity contribution in [1.82, 2.24) is 15.5 Å². The Kier molecular flexibility index (Phi) is 5.40. The minimum Gasteiger partial charge on any atom is -0.339 e. The van der Waals surface area contributed by atoms with Crippen molar-refractivity contribution in [2.75, 3.05) is 6.54 Å². The second-order valence-corrected chi connectivity index (χ2v) is 5.51. The van der Waals surface area contributed by atoms with Crippen LogP contribution in [0.25, 0.3) is 11.4 Å². The molecule has 1 aromatic heterocycles. The first-order chi connectivity index (χ1) is 9.60. The summed E-state index contributed by atoms with van der Waals surface area (Å²) in [7, 11) is 0. The third-order valence-electron chi connectivity index (χ3n) is 2.87. The summed E-state index contributed by atoms with van der Waals surface area (Å²) in [6.45, 7) is 5.21. The van der Waals surface area contributed by atoms with E-state index in [1.165, 1.54) is 0 Å². The molecule has 1 unspecified atom stereocenters. The fraction of sp³-hybridized carbons (Fsp3) is 0.429. The van der Waals surface area contributed by atoms with Crippen LogP contribution in [0.2, 0.25) is 10.0 Å². The van der Waals surface area contributed by atoms with Gasteiger partial charge in [0.1, 0.15) is 0 Å². The summed E-state index contributed by atoms with van der Waals surface area (Å²) in [4.78, 5) is 4.38. The van der Waals surface area contributed by atoms with Crippen LogP contribution in [0, 0.1) is 0 Å². The van der Waals surface area contributed by atoms with Gasteiger partial charge >= 0.3 is 0 Å². The van der Waals surface area contributed by atoms with Crippen LogP contribution in [0.4, 0.5) is 0 Å². The second-order valence-electron chi connectivity index (χ2n) is 4.70. The summed E-state index contributed by atoms with van der Waals surface area (Å²) in [5.41, 5.74) is 0.795. The zero-order valence-corrected chi connectivity index (χ0v) is 13.0. The van der Waals surface area contributed by atoms with Crippen LogP contribution in [0.5, 0.6) is 0 Å². The minimum atomic E-state index is 0.303. The third kappa shape index (κ3) is 3.95. The summed E-state index contributed by atoms with van der Waals surface area (Å²) in [5, 5.41) is 8.35. The SMILES string of the molecule is CCCNC(C)Cc1nc(-c2ccc(Cl)c(Cl)c2)no1.